The highest BCUT2D eigenvalue weighted by molar-refractivity contribution is 9.10. The molecule has 1 aromatic heterocycles. The number of methoxy groups -OCH3 is 1. The van der Waals surface area contributed by atoms with Crippen molar-refractivity contribution in [1.82, 2.24) is 15.2 Å². The molecule has 0 aromatic carbocycles. The fraction of sp³-hybridized carbons (Fsp3) is 0.727. The summed E-state index contributed by atoms with van der Waals surface area (Å²) in [6.45, 7) is 4.09. The zero-order valence-corrected chi connectivity index (χ0v) is 12.4. The molecule has 0 spiro atoms. The molecule has 2 unspecified atom stereocenters. The predicted molar refractivity (Wildman–Crippen MR) is 71.6 cm³/mol. The number of hydrazine groups is 1. The van der Waals surface area contributed by atoms with Crippen LogP contribution in [0, 0.1) is 0 Å². The van der Waals surface area contributed by atoms with E-state index in [0.717, 1.165) is 28.7 Å². The normalized spacial score (nSPS) is 14.9. The van der Waals surface area contributed by atoms with E-state index in [2.05, 4.69) is 33.4 Å². The van der Waals surface area contributed by atoms with Crippen LogP contribution in [0.4, 0.5) is 0 Å². The minimum atomic E-state index is 0.0480. The first-order valence-electron chi connectivity index (χ1n) is 5.74. The average Bonchev–Trinajstić information content (AvgIpc) is 2.61. The molecule has 0 bridgehead atoms. The topological polar surface area (TPSA) is 65.1 Å². The lowest BCUT2D eigenvalue weighted by molar-refractivity contribution is 0.0824. The van der Waals surface area contributed by atoms with Gasteiger partial charge in [0.2, 0.25) is 0 Å². The van der Waals surface area contributed by atoms with E-state index in [1.54, 1.807) is 7.11 Å². The van der Waals surface area contributed by atoms with Crippen LogP contribution >= 0.6 is 15.9 Å². The van der Waals surface area contributed by atoms with Crippen molar-refractivity contribution in [3.05, 3.63) is 15.9 Å². The molecule has 1 heterocycles. The zero-order valence-electron chi connectivity index (χ0n) is 10.8. The second-order valence-corrected chi connectivity index (χ2v) is 4.90. The van der Waals surface area contributed by atoms with Crippen LogP contribution in [-0.2, 0) is 24.6 Å². The summed E-state index contributed by atoms with van der Waals surface area (Å²) in [7, 11) is 3.63. The Morgan fingerprint density at radius 1 is 1.59 bits per heavy atom. The second kappa shape index (κ2) is 6.49. The Hall–Kier alpha value is -0.430. The van der Waals surface area contributed by atoms with Gasteiger partial charge < -0.3 is 4.74 Å². The van der Waals surface area contributed by atoms with Gasteiger partial charge in [0.15, 0.2) is 0 Å². The van der Waals surface area contributed by atoms with Crippen LogP contribution in [0.1, 0.15) is 25.2 Å². The van der Waals surface area contributed by atoms with Crippen molar-refractivity contribution < 1.29 is 4.74 Å². The fourth-order valence-electron chi connectivity index (χ4n) is 1.77. The van der Waals surface area contributed by atoms with Crippen LogP contribution in [0.2, 0.25) is 0 Å². The molecule has 1 rings (SSSR count). The Morgan fingerprint density at radius 3 is 2.65 bits per heavy atom. The molecule has 17 heavy (non-hydrogen) atoms. The first-order valence-corrected chi connectivity index (χ1v) is 6.53. The molecule has 0 saturated carbocycles. The minimum Gasteiger partial charge on any atom is -0.380 e. The van der Waals surface area contributed by atoms with Crippen LogP contribution in [0.3, 0.4) is 0 Å². The van der Waals surface area contributed by atoms with Gasteiger partial charge >= 0.3 is 0 Å². The van der Waals surface area contributed by atoms with Gasteiger partial charge in [-0.15, -0.1) is 0 Å². The van der Waals surface area contributed by atoms with Gasteiger partial charge in [0.25, 0.3) is 0 Å². The SMILES string of the molecule is CCc1nn(C)c(CC(NN)C(C)OC)c1Br. The second-order valence-electron chi connectivity index (χ2n) is 4.10. The summed E-state index contributed by atoms with van der Waals surface area (Å²) in [6.07, 6.45) is 1.73. The maximum absolute atomic E-state index is 5.56. The number of nitrogens with zero attached hydrogens (tertiary/aromatic N) is 2. The van der Waals surface area contributed by atoms with Crippen molar-refractivity contribution >= 4 is 15.9 Å². The number of hydrogen-bond acceptors (Lipinski definition) is 4. The maximum Gasteiger partial charge on any atom is 0.0766 e. The number of nitrogens with two attached hydrogens (primary N) is 1. The molecule has 0 fully saturated rings. The van der Waals surface area contributed by atoms with Crippen LogP contribution in [0.25, 0.3) is 0 Å². The summed E-state index contributed by atoms with van der Waals surface area (Å²) in [5.74, 6) is 5.56. The first-order chi connectivity index (χ1) is 8.04. The van der Waals surface area contributed by atoms with Crippen LogP contribution in [-0.4, -0.2) is 29.0 Å². The molecule has 0 saturated heterocycles. The highest BCUT2D eigenvalue weighted by Gasteiger charge is 2.21. The minimum absolute atomic E-state index is 0.0480. The van der Waals surface area contributed by atoms with Gasteiger partial charge in [0, 0.05) is 20.6 Å². The van der Waals surface area contributed by atoms with Gasteiger partial charge in [0.1, 0.15) is 0 Å². The Labute approximate surface area is 111 Å². The highest BCUT2D eigenvalue weighted by atomic mass is 79.9. The number of rotatable bonds is 6. The first kappa shape index (κ1) is 14.6. The molecule has 5 nitrogen and oxygen atoms in total. The van der Waals surface area contributed by atoms with Gasteiger partial charge in [-0.25, -0.2) is 0 Å². The summed E-state index contributed by atoms with van der Waals surface area (Å²) < 4.78 is 8.27. The zero-order chi connectivity index (χ0) is 13.0. The van der Waals surface area contributed by atoms with E-state index in [9.17, 15) is 0 Å². The van der Waals surface area contributed by atoms with Crippen LogP contribution < -0.4 is 11.3 Å². The largest absolute Gasteiger partial charge is 0.380 e. The summed E-state index contributed by atoms with van der Waals surface area (Å²) in [4.78, 5) is 0. The Morgan fingerprint density at radius 2 is 2.24 bits per heavy atom. The third-order valence-electron chi connectivity index (χ3n) is 3.07. The maximum atomic E-state index is 5.56. The van der Waals surface area contributed by atoms with E-state index in [1.165, 1.54) is 0 Å². The Kier molecular flexibility index (Phi) is 5.58. The predicted octanol–water partition coefficient (Wildman–Crippen LogP) is 1.15. The number of aryl methyl sites for hydroxylation is 2. The van der Waals surface area contributed by atoms with Crippen molar-refractivity contribution in [3.63, 3.8) is 0 Å². The van der Waals surface area contributed by atoms with Crippen molar-refractivity contribution in [2.45, 2.75) is 38.8 Å². The number of halogens is 1. The lowest BCUT2D eigenvalue weighted by Gasteiger charge is -2.22. The third kappa shape index (κ3) is 3.28. The fourth-order valence-corrected chi connectivity index (χ4v) is 2.55. The molecule has 6 heteroatoms. The van der Waals surface area contributed by atoms with Gasteiger partial charge in [-0.3, -0.25) is 16.0 Å². The van der Waals surface area contributed by atoms with E-state index in [0.29, 0.717) is 0 Å². The van der Waals surface area contributed by atoms with Gasteiger partial charge in [-0.1, -0.05) is 6.92 Å². The summed E-state index contributed by atoms with van der Waals surface area (Å²) >= 11 is 3.60. The molecule has 0 amide bonds. The van der Waals surface area contributed by atoms with E-state index >= 15 is 0 Å². The highest BCUT2D eigenvalue weighted by Crippen LogP contribution is 2.23. The summed E-state index contributed by atoms with van der Waals surface area (Å²) in [5.41, 5.74) is 5.00. The third-order valence-corrected chi connectivity index (χ3v) is 3.98. The molecule has 0 aliphatic rings. The van der Waals surface area contributed by atoms with E-state index in [1.807, 2.05) is 18.7 Å². The van der Waals surface area contributed by atoms with Crippen molar-refractivity contribution in [2.24, 2.45) is 12.9 Å². The molecule has 3 N–H and O–H groups in total. The van der Waals surface area contributed by atoms with Crippen molar-refractivity contribution in [1.29, 1.82) is 0 Å². The van der Waals surface area contributed by atoms with Gasteiger partial charge in [0.05, 0.1) is 28.0 Å². The van der Waals surface area contributed by atoms with Crippen LogP contribution in [0.5, 0.6) is 0 Å². The number of hydrogen-bond donors (Lipinski definition) is 2. The standard InChI is InChI=1S/C11H21BrN4O/c1-5-8-11(12)10(16(3)15-8)6-9(14-13)7(2)17-4/h7,9,14H,5-6,13H2,1-4H3. The molecule has 1 aromatic rings. The molecule has 2 atom stereocenters. The van der Waals surface area contributed by atoms with Crippen molar-refractivity contribution in [2.75, 3.05) is 7.11 Å². The van der Waals surface area contributed by atoms with E-state index in [-0.39, 0.29) is 12.1 Å². The van der Waals surface area contributed by atoms with Crippen LogP contribution in [0.15, 0.2) is 4.47 Å². The van der Waals surface area contributed by atoms with Gasteiger partial charge in [-0.2, -0.15) is 5.10 Å². The lowest BCUT2D eigenvalue weighted by atomic mass is 10.1. The average molecular weight is 305 g/mol. The lowest BCUT2D eigenvalue weighted by Crippen LogP contribution is -2.45. The quantitative estimate of drug-likeness (QED) is 0.611. The molecule has 0 aliphatic carbocycles. The molecule has 0 radical (unpaired) electrons. The molecule has 0 aliphatic heterocycles. The Balaban J connectivity index is 2.89. The van der Waals surface area contributed by atoms with Gasteiger partial charge in [-0.05, 0) is 29.3 Å². The number of nitrogens with one attached hydrogen (secondary N) is 1. The molecular formula is C11H21BrN4O. The molecular weight excluding hydrogens is 284 g/mol. The van der Waals surface area contributed by atoms with E-state index in [4.69, 9.17) is 10.6 Å². The summed E-state index contributed by atoms with van der Waals surface area (Å²) in [5, 5.41) is 4.46. The Bertz CT molecular complexity index is 367. The summed E-state index contributed by atoms with van der Waals surface area (Å²) in [6, 6.07) is 0.0661. The number of aromatic nitrogens is 2. The monoisotopic (exact) mass is 304 g/mol. The smallest absolute Gasteiger partial charge is 0.0766 e. The molecule has 98 valence electrons. The van der Waals surface area contributed by atoms with Crippen molar-refractivity contribution in [3.8, 4) is 0 Å². The van der Waals surface area contributed by atoms with E-state index < -0.39 is 0 Å². The number of ether oxygens (including phenoxy) is 1.